The number of carbonyl (C=O) groups excluding carboxylic acids is 1. The Morgan fingerprint density at radius 2 is 2.05 bits per heavy atom. The van der Waals surface area contributed by atoms with Crippen molar-refractivity contribution in [3.63, 3.8) is 0 Å². The predicted octanol–water partition coefficient (Wildman–Crippen LogP) is 1.94. The molecular weight excluding hydrogens is 272 g/mol. The molecule has 2 fully saturated rings. The number of thioether (sulfide) groups is 1. The summed E-state index contributed by atoms with van der Waals surface area (Å²) in [6.07, 6.45) is 8.69. The third-order valence-electron chi connectivity index (χ3n) is 4.01. The summed E-state index contributed by atoms with van der Waals surface area (Å²) >= 11 is 1.93. The molecule has 5 heteroatoms. The third-order valence-corrected chi connectivity index (χ3v) is 5.14. The molecule has 0 bridgehead atoms. The van der Waals surface area contributed by atoms with Gasteiger partial charge in [-0.05, 0) is 12.8 Å². The monoisotopic (exact) mass is 300 g/mol. The van der Waals surface area contributed by atoms with Crippen LogP contribution in [-0.4, -0.2) is 49.3 Å². The second-order valence-electron chi connectivity index (χ2n) is 5.76. The second-order valence-corrected chi connectivity index (χ2v) is 6.91. The van der Waals surface area contributed by atoms with Crippen molar-refractivity contribution in [3.05, 3.63) is 0 Å². The molecule has 2 rings (SSSR count). The Balaban J connectivity index is 1.50. The quantitative estimate of drug-likeness (QED) is 0.581. The smallest absolute Gasteiger partial charge is 0.221 e. The lowest BCUT2D eigenvalue weighted by molar-refractivity contribution is -0.121. The van der Waals surface area contributed by atoms with Crippen molar-refractivity contribution in [2.24, 2.45) is 0 Å². The number of hydrogen-bond donors (Lipinski definition) is 2. The van der Waals surface area contributed by atoms with E-state index in [1.165, 1.54) is 38.5 Å². The van der Waals surface area contributed by atoms with E-state index in [0.29, 0.717) is 31.7 Å². The van der Waals surface area contributed by atoms with Gasteiger partial charge in [0.15, 0.2) is 0 Å². The van der Waals surface area contributed by atoms with Gasteiger partial charge in [0.25, 0.3) is 0 Å². The van der Waals surface area contributed by atoms with Gasteiger partial charge < -0.3 is 15.4 Å². The van der Waals surface area contributed by atoms with Crippen LogP contribution in [0.4, 0.5) is 0 Å². The number of carbonyl (C=O) groups is 1. The van der Waals surface area contributed by atoms with Gasteiger partial charge >= 0.3 is 0 Å². The van der Waals surface area contributed by atoms with E-state index in [2.05, 4.69) is 10.6 Å². The van der Waals surface area contributed by atoms with Crippen LogP contribution in [0.2, 0.25) is 0 Å². The SMILES string of the molecule is O=C(CC1CSCCN1)NCCOC1CCCCCC1. The molecule has 1 saturated carbocycles. The maximum Gasteiger partial charge on any atom is 0.221 e. The van der Waals surface area contributed by atoms with Gasteiger partial charge in [0.05, 0.1) is 12.7 Å². The summed E-state index contributed by atoms with van der Waals surface area (Å²) in [4.78, 5) is 11.8. The summed E-state index contributed by atoms with van der Waals surface area (Å²) in [5.74, 6) is 2.36. The minimum absolute atomic E-state index is 0.148. The first-order chi connectivity index (χ1) is 9.84. The highest BCUT2D eigenvalue weighted by atomic mass is 32.2. The summed E-state index contributed by atoms with van der Waals surface area (Å²) < 4.78 is 5.87. The Bertz CT molecular complexity index is 275. The zero-order valence-corrected chi connectivity index (χ0v) is 13.2. The van der Waals surface area contributed by atoms with Crippen molar-refractivity contribution in [2.45, 2.75) is 57.1 Å². The summed E-state index contributed by atoms with van der Waals surface area (Å²) in [5, 5.41) is 6.36. The molecule has 2 aliphatic rings. The first-order valence-corrected chi connectivity index (χ1v) is 9.19. The van der Waals surface area contributed by atoms with Crippen LogP contribution in [0.15, 0.2) is 0 Å². The third kappa shape index (κ3) is 6.46. The topological polar surface area (TPSA) is 50.4 Å². The molecule has 4 nitrogen and oxygen atoms in total. The van der Waals surface area contributed by atoms with Crippen molar-refractivity contribution in [1.82, 2.24) is 10.6 Å². The number of amides is 1. The van der Waals surface area contributed by atoms with Crippen LogP contribution < -0.4 is 10.6 Å². The highest BCUT2D eigenvalue weighted by Gasteiger charge is 2.16. The fraction of sp³-hybridized carbons (Fsp3) is 0.933. The molecule has 2 N–H and O–H groups in total. The van der Waals surface area contributed by atoms with Crippen LogP contribution in [0, 0.1) is 0 Å². The maximum atomic E-state index is 11.8. The largest absolute Gasteiger partial charge is 0.376 e. The first kappa shape index (κ1) is 16.1. The van der Waals surface area contributed by atoms with E-state index in [1.54, 1.807) is 0 Å². The van der Waals surface area contributed by atoms with E-state index in [4.69, 9.17) is 4.74 Å². The normalized spacial score (nSPS) is 25.1. The Kier molecular flexibility index (Phi) is 7.76. The molecule has 1 saturated heterocycles. The van der Waals surface area contributed by atoms with E-state index in [9.17, 15) is 4.79 Å². The molecule has 0 spiro atoms. The van der Waals surface area contributed by atoms with E-state index in [1.807, 2.05) is 11.8 Å². The molecule has 1 aliphatic heterocycles. The minimum atomic E-state index is 0.148. The van der Waals surface area contributed by atoms with Gasteiger partial charge in [-0.15, -0.1) is 0 Å². The molecule has 20 heavy (non-hydrogen) atoms. The zero-order valence-electron chi connectivity index (χ0n) is 12.4. The average Bonchev–Trinajstić information content (AvgIpc) is 2.73. The van der Waals surface area contributed by atoms with Gasteiger partial charge in [0.2, 0.25) is 5.91 Å². The van der Waals surface area contributed by atoms with Gasteiger partial charge in [-0.1, -0.05) is 25.7 Å². The zero-order chi connectivity index (χ0) is 14.0. The second kappa shape index (κ2) is 9.64. The number of rotatable bonds is 6. The minimum Gasteiger partial charge on any atom is -0.376 e. The molecular formula is C15H28N2O2S. The van der Waals surface area contributed by atoms with Crippen molar-refractivity contribution in [2.75, 3.05) is 31.2 Å². The van der Waals surface area contributed by atoms with Crippen LogP contribution >= 0.6 is 11.8 Å². The standard InChI is InChI=1S/C15H28N2O2S/c18-15(11-13-12-20-10-8-16-13)17-7-9-19-14-5-3-1-2-4-6-14/h13-14,16H,1-12H2,(H,17,18). The van der Waals surface area contributed by atoms with E-state index < -0.39 is 0 Å². The van der Waals surface area contributed by atoms with Crippen LogP contribution in [0.1, 0.15) is 44.9 Å². The first-order valence-electron chi connectivity index (χ1n) is 8.04. The van der Waals surface area contributed by atoms with E-state index >= 15 is 0 Å². The number of hydrogen-bond acceptors (Lipinski definition) is 4. The highest BCUT2D eigenvalue weighted by molar-refractivity contribution is 7.99. The Hall–Kier alpha value is -0.260. The van der Waals surface area contributed by atoms with Gasteiger partial charge in [-0.3, -0.25) is 4.79 Å². The van der Waals surface area contributed by atoms with Gasteiger partial charge in [-0.25, -0.2) is 0 Å². The highest BCUT2D eigenvalue weighted by Crippen LogP contribution is 2.19. The van der Waals surface area contributed by atoms with Crippen molar-refractivity contribution >= 4 is 17.7 Å². The van der Waals surface area contributed by atoms with E-state index in [-0.39, 0.29) is 5.91 Å². The summed E-state index contributed by atoms with van der Waals surface area (Å²) in [6, 6.07) is 0.344. The van der Waals surface area contributed by atoms with Crippen LogP contribution in [0.25, 0.3) is 0 Å². The number of nitrogens with one attached hydrogen (secondary N) is 2. The lowest BCUT2D eigenvalue weighted by atomic mass is 10.1. The average molecular weight is 300 g/mol. The molecule has 0 aromatic heterocycles. The van der Waals surface area contributed by atoms with Crippen molar-refractivity contribution in [3.8, 4) is 0 Å². The van der Waals surface area contributed by atoms with Crippen molar-refractivity contribution < 1.29 is 9.53 Å². The van der Waals surface area contributed by atoms with Gasteiger partial charge in [0.1, 0.15) is 0 Å². The fourth-order valence-electron chi connectivity index (χ4n) is 2.87. The van der Waals surface area contributed by atoms with Crippen LogP contribution in [0.5, 0.6) is 0 Å². The molecule has 1 atom stereocenters. The Labute approximate surface area is 126 Å². The lowest BCUT2D eigenvalue weighted by Crippen LogP contribution is -2.41. The van der Waals surface area contributed by atoms with E-state index in [0.717, 1.165) is 18.1 Å². The summed E-state index contributed by atoms with van der Waals surface area (Å²) in [5.41, 5.74) is 0. The van der Waals surface area contributed by atoms with Crippen LogP contribution in [-0.2, 0) is 9.53 Å². The van der Waals surface area contributed by atoms with Gasteiger partial charge in [0, 0.05) is 37.1 Å². The molecule has 0 radical (unpaired) electrons. The lowest BCUT2D eigenvalue weighted by Gasteiger charge is -2.22. The molecule has 1 amide bonds. The molecule has 1 unspecified atom stereocenters. The summed E-state index contributed by atoms with van der Waals surface area (Å²) in [7, 11) is 0. The molecule has 0 aromatic carbocycles. The van der Waals surface area contributed by atoms with Crippen LogP contribution in [0.3, 0.4) is 0 Å². The maximum absolute atomic E-state index is 11.8. The fourth-order valence-corrected chi connectivity index (χ4v) is 3.82. The Morgan fingerprint density at radius 1 is 1.25 bits per heavy atom. The molecule has 0 aromatic rings. The predicted molar refractivity (Wildman–Crippen MR) is 84.2 cm³/mol. The molecule has 1 heterocycles. The summed E-state index contributed by atoms with van der Waals surface area (Å²) in [6.45, 7) is 2.33. The number of ether oxygens (including phenoxy) is 1. The Morgan fingerprint density at radius 3 is 2.75 bits per heavy atom. The van der Waals surface area contributed by atoms with Crippen molar-refractivity contribution in [1.29, 1.82) is 0 Å². The van der Waals surface area contributed by atoms with Gasteiger partial charge in [-0.2, -0.15) is 11.8 Å². The molecule has 116 valence electrons. The molecule has 1 aliphatic carbocycles.